The minimum absolute atomic E-state index is 0.181. The number of hydrogen-bond donors (Lipinski definition) is 0. The van der Waals surface area contributed by atoms with Gasteiger partial charge < -0.3 is 4.74 Å². The van der Waals surface area contributed by atoms with Crippen LogP contribution in [0.4, 0.5) is 0 Å². The third-order valence-corrected chi connectivity index (χ3v) is 2.03. The van der Waals surface area contributed by atoms with Crippen molar-refractivity contribution in [2.24, 2.45) is 5.92 Å². The van der Waals surface area contributed by atoms with Crippen molar-refractivity contribution in [1.82, 2.24) is 4.98 Å². The number of aromatic nitrogens is 1. The largest absolute Gasteiger partial charge is 0.475 e. The molecule has 78 valence electrons. The van der Waals surface area contributed by atoms with Gasteiger partial charge in [-0.2, -0.15) is 0 Å². The fraction of sp³-hybridized carbons (Fsp3) is 0.545. The van der Waals surface area contributed by atoms with Gasteiger partial charge in [0, 0.05) is 6.07 Å². The molecule has 0 aromatic carbocycles. The molecule has 0 saturated carbocycles. The first kappa shape index (κ1) is 11.3. The van der Waals surface area contributed by atoms with Gasteiger partial charge in [0.1, 0.15) is 5.15 Å². The Kier molecular flexibility index (Phi) is 4.21. The molecule has 1 heterocycles. The van der Waals surface area contributed by atoms with E-state index in [1.807, 2.05) is 19.1 Å². The van der Waals surface area contributed by atoms with Crippen LogP contribution in [0, 0.1) is 5.92 Å². The van der Waals surface area contributed by atoms with Gasteiger partial charge in [0.05, 0.1) is 6.10 Å². The molecular formula is C11H16ClNO. The van der Waals surface area contributed by atoms with Gasteiger partial charge >= 0.3 is 0 Å². The maximum atomic E-state index is 5.74. The van der Waals surface area contributed by atoms with E-state index in [-0.39, 0.29) is 6.10 Å². The highest BCUT2D eigenvalue weighted by Crippen LogP contribution is 2.15. The molecule has 1 aromatic heterocycles. The van der Waals surface area contributed by atoms with Crippen LogP contribution in [-0.4, -0.2) is 11.1 Å². The third kappa shape index (κ3) is 3.97. The van der Waals surface area contributed by atoms with E-state index in [1.165, 1.54) is 0 Å². The zero-order valence-corrected chi connectivity index (χ0v) is 9.58. The Morgan fingerprint density at radius 2 is 2.07 bits per heavy atom. The van der Waals surface area contributed by atoms with Crippen LogP contribution in [0.3, 0.4) is 0 Å². The molecule has 1 atom stereocenters. The maximum Gasteiger partial charge on any atom is 0.214 e. The lowest BCUT2D eigenvalue weighted by Gasteiger charge is -2.15. The average molecular weight is 214 g/mol. The standard InChI is InChI=1S/C11H16ClNO/c1-8(2)7-9(3)14-11-6-4-5-10(12)13-11/h4-6,8-9H,7H2,1-3H3. The van der Waals surface area contributed by atoms with E-state index in [1.54, 1.807) is 6.07 Å². The molecule has 1 rings (SSSR count). The molecule has 0 aliphatic rings. The van der Waals surface area contributed by atoms with Gasteiger partial charge in [-0.3, -0.25) is 0 Å². The third-order valence-electron chi connectivity index (χ3n) is 1.81. The molecule has 14 heavy (non-hydrogen) atoms. The van der Waals surface area contributed by atoms with Crippen LogP contribution in [0.1, 0.15) is 27.2 Å². The highest BCUT2D eigenvalue weighted by atomic mass is 35.5. The summed E-state index contributed by atoms with van der Waals surface area (Å²) in [4.78, 5) is 4.06. The Hall–Kier alpha value is -0.760. The van der Waals surface area contributed by atoms with Gasteiger partial charge in [-0.1, -0.05) is 31.5 Å². The van der Waals surface area contributed by atoms with Crippen LogP contribution in [0.25, 0.3) is 0 Å². The molecule has 1 unspecified atom stereocenters. The summed E-state index contributed by atoms with van der Waals surface area (Å²) < 4.78 is 5.61. The lowest BCUT2D eigenvalue weighted by molar-refractivity contribution is 0.186. The van der Waals surface area contributed by atoms with Gasteiger partial charge in [0.15, 0.2) is 0 Å². The molecule has 0 bridgehead atoms. The quantitative estimate of drug-likeness (QED) is 0.714. The summed E-state index contributed by atoms with van der Waals surface area (Å²) in [6.45, 7) is 6.39. The van der Waals surface area contributed by atoms with Crippen LogP contribution in [0.15, 0.2) is 18.2 Å². The molecule has 1 aromatic rings. The molecule has 3 heteroatoms. The summed E-state index contributed by atoms with van der Waals surface area (Å²) in [6.07, 6.45) is 1.20. The van der Waals surface area contributed by atoms with Gasteiger partial charge in [-0.25, -0.2) is 4.98 Å². The van der Waals surface area contributed by atoms with Crippen LogP contribution in [-0.2, 0) is 0 Å². The Bertz CT molecular complexity index is 288. The van der Waals surface area contributed by atoms with Crippen LogP contribution < -0.4 is 4.74 Å². The molecular weight excluding hydrogens is 198 g/mol. The minimum atomic E-state index is 0.181. The highest BCUT2D eigenvalue weighted by molar-refractivity contribution is 6.29. The first-order valence-corrected chi connectivity index (χ1v) is 5.25. The van der Waals surface area contributed by atoms with Crippen molar-refractivity contribution in [3.8, 4) is 5.88 Å². The fourth-order valence-corrected chi connectivity index (χ4v) is 1.53. The minimum Gasteiger partial charge on any atom is -0.475 e. The highest BCUT2D eigenvalue weighted by Gasteiger charge is 2.07. The average Bonchev–Trinajstić information content (AvgIpc) is 2.01. The number of halogens is 1. The van der Waals surface area contributed by atoms with E-state index >= 15 is 0 Å². The lowest BCUT2D eigenvalue weighted by atomic mass is 10.1. The topological polar surface area (TPSA) is 22.1 Å². The summed E-state index contributed by atoms with van der Waals surface area (Å²) >= 11 is 5.74. The summed E-state index contributed by atoms with van der Waals surface area (Å²) in [6, 6.07) is 5.40. The zero-order chi connectivity index (χ0) is 10.6. The van der Waals surface area contributed by atoms with E-state index in [0.29, 0.717) is 17.0 Å². The van der Waals surface area contributed by atoms with Crippen molar-refractivity contribution in [2.45, 2.75) is 33.3 Å². The summed E-state index contributed by atoms with van der Waals surface area (Å²) in [7, 11) is 0. The molecule has 0 radical (unpaired) electrons. The molecule has 0 amide bonds. The Labute approximate surface area is 90.3 Å². The number of rotatable bonds is 4. The second kappa shape index (κ2) is 5.20. The van der Waals surface area contributed by atoms with Crippen LogP contribution in [0.2, 0.25) is 5.15 Å². The molecule has 2 nitrogen and oxygen atoms in total. The zero-order valence-electron chi connectivity index (χ0n) is 8.83. The normalized spacial score (nSPS) is 12.9. The van der Waals surface area contributed by atoms with E-state index in [4.69, 9.17) is 16.3 Å². The fourth-order valence-electron chi connectivity index (χ4n) is 1.37. The molecule has 0 spiro atoms. The Morgan fingerprint density at radius 3 is 2.64 bits per heavy atom. The maximum absolute atomic E-state index is 5.74. The number of hydrogen-bond acceptors (Lipinski definition) is 2. The van der Waals surface area contributed by atoms with Crippen LogP contribution >= 0.6 is 11.6 Å². The first-order chi connectivity index (χ1) is 6.58. The van der Waals surface area contributed by atoms with E-state index < -0.39 is 0 Å². The molecule has 0 aliphatic heterocycles. The smallest absolute Gasteiger partial charge is 0.214 e. The molecule has 0 N–H and O–H groups in total. The molecule has 0 saturated heterocycles. The van der Waals surface area contributed by atoms with E-state index in [0.717, 1.165) is 6.42 Å². The van der Waals surface area contributed by atoms with Crippen molar-refractivity contribution in [1.29, 1.82) is 0 Å². The van der Waals surface area contributed by atoms with E-state index in [2.05, 4.69) is 18.8 Å². The van der Waals surface area contributed by atoms with Gasteiger partial charge in [0.2, 0.25) is 5.88 Å². The van der Waals surface area contributed by atoms with Crippen molar-refractivity contribution in [3.05, 3.63) is 23.4 Å². The predicted octanol–water partition coefficient (Wildman–Crippen LogP) is 3.55. The predicted molar refractivity (Wildman–Crippen MR) is 58.8 cm³/mol. The first-order valence-electron chi connectivity index (χ1n) is 4.87. The van der Waals surface area contributed by atoms with Crippen LogP contribution in [0.5, 0.6) is 5.88 Å². The SMILES string of the molecule is CC(C)CC(C)Oc1cccc(Cl)n1. The van der Waals surface area contributed by atoms with Crippen molar-refractivity contribution < 1.29 is 4.74 Å². The van der Waals surface area contributed by atoms with Crippen molar-refractivity contribution in [3.63, 3.8) is 0 Å². The second-order valence-electron chi connectivity index (χ2n) is 3.86. The van der Waals surface area contributed by atoms with E-state index in [9.17, 15) is 0 Å². The Balaban J connectivity index is 2.51. The number of pyridine rings is 1. The Morgan fingerprint density at radius 1 is 1.36 bits per heavy atom. The van der Waals surface area contributed by atoms with Crippen molar-refractivity contribution >= 4 is 11.6 Å². The summed E-state index contributed by atoms with van der Waals surface area (Å²) in [5.41, 5.74) is 0. The molecule has 0 fully saturated rings. The number of nitrogens with zero attached hydrogens (tertiary/aromatic N) is 1. The monoisotopic (exact) mass is 213 g/mol. The summed E-state index contributed by atoms with van der Waals surface area (Å²) in [5.74, 6) is 1.23. The van der Waals surface area contributed by atoms with Crippen molar-refractivity contribution in [2.75, 3.05) is 0 Å². The summed E-state index contributed by atoms with van der Waals surface area (Å²) in [5, 5.41) is 0.472. The van der Waals surface area contributed by atoms with Gasteiger partial charge in [-0.05, 0) is 25.3 Å². The number of ether oxygens (including phenoxy) is 1. The molecule has 0 aliphatic carbocycles. The van der Waals surface area contributed by atoms with Gasteiger partial charge in [-0.15, -0.1) is 0 Å². The second-order valence-corrected chi connectivity index (χ2v) is 4.24. The van der Waals surface area contributed by atoms with Gasteiger partial charge in [0.25, 0.3) is 0 Å². The lowest BCUT2D eigenvalue weighted by Crippen LogP contribution is -2.15.